The van der Waals surface area contributed by atoms with Gasteiger partial charge in [0.1, 0.15) is 0 Å². The first-order valence-corrected chi connectivity index (χ1v) is 7.39. The molecular weight excluding hydrogens is 274 g/mol. The summed E-state index contributed by atoms with van der Waals surface area (Å²) in [6.07, 6.45) is 3.49. The minimum Gasteiger partial charge on any atom is -0.409 e. The van der Waals surface area contributed by atoms with E-state index < -0.39 is 0 Å². The van der Waals surface area contributed by atoms with Gasteiger partial charge in [0.15, 0.2) is 5.84 Å². The molecule has 0 aromatic heterocycles. The van der Waals surface area contributed by atoms with Crippen molar-refractivity contribution < 1.29 is 5.21 Å². The van der Waals surface area contributed by atoms with Gasteiger partial charge in [-0.2, -0.15) is 0 Å². The highest BCUT2D eigenvalue weighted by Crippen LogP contribution is 2.37. The number of oxime groups is 1. The summed E-state index contributed by atoms with van der Waals surface area (Å²) in [5.41, 5.74) is 7.87. The van der Waals surface area contributed by atoms with Crippen molar-refractivity contribution in [3.63, 3.8) is 0 Å². The Morgan fingerprint density at radius 3 is 2.65 bits per heavy atom. The standard InChI is InChI=1S/C15H22ClN3O/c1-3-15(2)6-8-19(9-7-15)13-10-11(16)4-5-12(13)14(17)18-20/h4-5,10,20H,3,6-9H2,1-2H3,(H2,17,18). The Morgan fingerprint density at radius 1 is 1.45 bits per heavy atom. The van der Waals surface area contributed by atoms with Crippen molar-refractivity contribution in [1.82, 2.24) is 0 Å². The number of piperidine rings is 1. The molecule has 0 bridgehead atoms. The van der Waals surface area contributed by atoms with Gasteiger partial charge in [-0.25, -0.2) is 0 Å². The van der Waals surface area contributed by atoms with Crippen LogP contribution in [0.25, 0.3) is 0 Å². The highest BCUT2D eigenvalue weighted by atomic mass is 35.5. The lowest BCUT2D eigenvalue weighted by atomic mass is 9.78. The molecule has 0 aliphatic carbocycles. The Labute approximate surface area is 125 Å². The molecule has 0 radical (unpaired) electrons. The van der Waals surface area contributed by atoms with Crippen LogP contribution in [0.2, 0.25) is 5.02 Å². The van der Waals surface area contributed by atoms with E-state index in [2.05, 4.69) is 23.9 Å². The molecule has 1 saturated heterocycles. The molecule has 0 spiro atoms. The average Bonchev–Trinajstić information content (AvgIpc) is 2.47. The first kappa shape index (κ1) is 15.0. The molecule has 5 heteroatoms. The summed E-state index contributed by atoms with van der Waals surface area (Å²) in [7, 11) is 0. The van der Waals surface area contributed by atoms with Gasteiger partial charge in [0, 0.05) is 29.4 Å². The summed E-state index contributed by atoms with van der Waals surface area (Å²) < 4.78 is 0. The predicted octanol–water partition coefficient (Wildman–Crippen LogP) is 3.45. The topological polar surface area (TPSA) is 61.8 Å². The number of rotatable bonds is 3. The van der Waals surface area contributed by atoms with Crippen molar-refractivity contribution in [3.05, 3.63) is 28.8 Å². The molecule has 3 N–H and O–H groups in total. The molecule has 20 heavy (non-hydrogen) atoms. The molecule has 110 valence electrons. The number of halogens is 1. The van der Waals surface area contributed by atoms with Crippen LogP contribution in [0.3, 0.4) is 0 Å². The van der Waals surface area contributed by atoms with Crippen molar-refractivity contribution in [2.24, 2.45) is 16.3 Å². The van der Waals surface area contributed by atoms with Crippen molar-refractivity contribution in [3.8, 4) is 0 Å². The summed E-state index contributed by atoms with van der Waals surface area (Å²) in [4.78, 5) is 2.27. The van der Waals surface area contributed by atoms with Crippen molar-refractivity contribution in [1.29, 1.82) is 0 Å². The Kier molecular flexibility index (Phi) is 4.43. The fraction of sp³-hybridized carbons (Fsp3) is 0.533. The minimum absolute atomic E-state index is 0.125. The number of nitrogens with two attached hydrogens (primary N) is 1. The lowest BCUT2D eigenvalue weighted by Crippen LogP contribution is -2.39. The first-order chi connectivity index (χ1) is 9.49. The van der Waals surface area contributed by atoms with Gasteiger partial charge in [-0.1, -0.05) is 37.0 Å². The summed E-state index contributed by atoms with van der Waals surface area (Å²) in [6, 6.07) is 5.46. The lowest BCUT2D eigenvalue weighted by molar-refractivity contribution is 0.238. The van der Waals surface area contributed by atoms with Crippen LogP contribution in [0.15, 0.2) is 23.4 Å². The third-order valence-electron chi connectivity index (χ3n) is 4.51. The second kappa shape index (κ2) is 5.92. The van der Waals surface area contributed by atoms with Gasteiger partial charge in [-0.05, 0) is 36.5 Å². The summed E-state index contributed by atoms with van der Waals surface area (Å²) >= 11 is 6.10. The van der Waals surface area contributed by atoms with Crippen LogP contribution >= 0.6 is 11.6 Å². The summed E-state index contributed by atoms with van der Waals surface area (Å²) in [6.45, 7) is 6.52. The maximum atomic E-state index is 8.91. The molecule has 1 aromatic rings. The first-order valence-electron chi connectivity index (χ1n) is 7.01. The quantitative estimate of drug-likeness (QED) is 0.388. The Hall–Kier alpha value is -1.42. The van der Waals surface area contributed by atoms with Crippen LogP contribution in [0.1, 0.15) is 38.7 Å². The van der Waals surface area contributed by atoms with E-state index in [1.54, 1.807) is 12.1 Å². The smallest absolute Gasteiger partial charge is 0.172 e. The molecule has 0 unspecified atom stereocenters. The van der Waals surface area contributed by atoms with Gasteiger partial charge < -0.3 is 15.8 Å². The Balaban J connectivity index is 2.27. The van der Waals surface area contributed by atoms with Crippen LogP contribution in [0, 0.1) is 5.41 Å². The van der Waals surface area contributed by atoms with Crippen molar-refractivity contribution in [2.45, 2.75) is 33.1 Å². The highest BCUT2D eigenvalue weighted by molar-refractivity contribution is 6.31. The summed E-state index contributed by atoms with van der Waals surface area (Å²) in [5.74, 6) is 0.125. The highest BCUT2D eigenvalue weighted by Gasteiger charge is 2.29. The number of hydrogen-bond donors (Lipinski definition) is 2. The van der Waals surface area contributed by atoms with Crippen LogP contribution in [0.5, 0.6) is 0 Å². The molecule has 1 fully saturated rings. The summed E-state index contributed by atoms with van der Waals surface area (Å²) in [5, 5.41) is 12.7. The molecule has 2 rings (SSSR count). The monoisotopic (exact) mass is 295 g/mol. The Morgan fingerprint density at radius 2 is 2.10 bits per heavy atom. The predicted molar refractivity (Wildman–Crippen MR) is 83.8 cm³/mol. The van der Waals surface area contributed by atoms with E-state index in [1.807, 2.05) is 6.07 Å². The third-order valence-corrected chi connectivity index (χ3v) is 4.74. The van der Waals surface area contributed by atoms with Crippen LogP contribution < -0.4 is 10.6 Å². The van der Waals surface area contributed by atoms with E-state index in [0.717, 1.165) is 37.2 Å². The van der Waals surface area contributed by atoms with Gasteiger partial charge in [-0.3, -0.25) is 0 Å². The molecule has 4 nitrogen and oxygen atoms in total. The molecule has 0 amide bonds. The average molecular weight is 296 g/mol. The third kappa shape index (κ3) is 3.01. The number of hydrogen-bond acceptors (Lipinski definition) is 3. The number of nitrogens with zero attached hydrogens (tertiary/aromatic N) is 2. The minimum atomic E-state index is 0.125. The maximum absolute atomic E-state index is 8.91. The molecule has 1 heterocycles. The van der Waals surface area contributed by atoms with Gasteiger partial charge in [0.05, 0.1) is 0 Å². The fourth-order valence-corrected chi connectivity index (χ4v) is 2.84. The zero-order chi connectivity index (χ0) is 14.8. The van der Waals surface area contributed by atoms with Crippen molar-refractivity contribution in [2.75, 3.05) is 18.0 Å². The normalized spacial score (nSPS) is 19.1. The largest absolute Gasteiger partial charge is 0.409 e. The molecule has 1 aliphatic rings. The van der Waals surface area contributed by atoms with Gasteiger partial charge in [-0.15, -0.1) is 0 Å². The number of anilines is 1. The SMILES string of the molecule is CCC1(C)CCN(c2cc(Cl)ccc2C(N)=NO)CC1. The fourth-order valence-electron chi connectivity index (χ4n) is 2.68. The van der Waals surface area contributed by atoms with E-state index in [1.165, 1.54) is 6.42 Å². The molecule has 0 saturated carbocycles. The second-order valence-electron chi connectivity index (χ2n) is 5.80. The van der Waals surface area contributed by atoms with E-state index >= 15 is 0 Å². The molecule has 1 aromatic carbocycles. The maximum Gasteiger partial charge on any atom is 0.172 e. The lowest BCUT2D eigenvalue weighted by Gasteiger charge is -2.40. The Bertz CT molecular complexity index is 508. The molecular formula is C15H22ClN3O. The van der Waals surface area contributed by atoms with Crippen LogP contribution in [0.4, 0.5) is 5.69 Å². The van der Waals surface area contributed by atoms with E-state index in [4.69, 9.17) is 22.5 Å². The van der Waals surface area contributed by atoms with Gasteiger partial charge in [0.25, 0.3) is 0 Å². The van der Waals surface area contributed by atoms with Gasteiger partial charge >= 0.3 is 0 Å². The van der Waals surface area contributed by atoms with E-state index in [-0.39, 0.29) is 5.84 Å². The van der Waals surface area contributed by atoms with Crippen LogP contribution in [-0.4, -0.2) is 24.1 Å². The number of benzene rings is 1. The van der Waals surface area contributed by atoms with Crippen molar-refractivity contribution >= 4 is 23.1 Å². The van der Waals surface area contributed by atoms with E-state index in [9.17, 15) is 0 Å². The van der Waals surface area contributed by atoms with Crippen LogP contribution in [-0.2, 0) is 0 Å². The van der Waals surface area contributed by atoms with E-state index in [0.29, 0.717) is 10.4 Å². The zero-order valence-electron chi connectivity index (χ0n) is 12.1. The molecule has 1 aliphatic heterocycles. The zero-order valence-corrected chi connectivity index (χ0v) is 12.8. The second-order valence-corrected chi connectivity index (χ2v) is 6.23. The molecule has 0 atom stereocenters. The number of amidine groups is 1. The van der Waals surface area contributed by atoms with Gasteiger partial charge in [0.2, 0.25) is 0 Å².